The first-order valence-corrected chi connectivity index (χ1v) is 12.0. The second kappa shape index (κ2) is 10.5. The minimum Gasteiger partial charge on any atom is -0.394 e. The average molecular weight is 666 g/mol. The van der Waals surface area contributed by atoms with Crippen molar-refractivity contribution in [1.82, 2.24) is 9.97 Å². The third-order valence-electron chi connectivity index (χ3n) is 6.77. The zero-order chi connectivity index (χ0) is 25.4. The van der Waals surface area contributed by atoms with Crippen molar-refractivity contribution in [1.29, 1.82) is 0 Å². The number of benzene rings is 3. The molecule has 6 rings (SSSR count). The van der Waals surface area contributed by atoms with Crippen molar-refractivity contribution in [2.24, 2.45) is 0 Å². The smallest absolute Gasteiger partial charge is 0.0459 e. The summed E-state index contributed by atoms with van der Waals surface area (Å²) in [6, 6.07) is 27.8. The number of hydrogen-bond donors (Lipinski definition) is 0. The van der Waals surface area contributed by atoms with Crippen LogP contribution < -0.4 is 4.90 Å². The van der Waals surface area contributed by atoms with Gasteiger partial charge in [0, 0.05) is 52.4 Å². The fourth-order valence-electron chi connectivity index (χ4n) is 4.91. The fourth-order valence-corrected chi connectivity index (χ4v) is 4.91. The van der Waals surface area contributed by atoms with Crippen LogP contribution in [0.1, 0.15) is 30.5 Å². The zero-order valence-corrected chi connectivity index (χ0v) is 24.0. The van der Waals surface area contributed by atoms with Crippen molar-refractivity contribution in [2.45, 2.75) is 26.2 Å². The molecule has 3 aromatic carbocycles. The molecule has 0 saturated heterocycles. The van der Waals surface area contributed by atoms with E-state index < -0.39 is 0 Å². The van der Waals surface area contributed by atoms with E-state index in [1.165, 1.54) is 11.6 Å². The van der Waals surface area contributed by atoms with E-state index in [0.29, 0.717) is 5.56 Å². The van der Waals surface area contributed by atoms with Gasteiger partial charge in [-0.1, -0.05) is 49.2 Å². The second-order valence-electron chi connectivity index (χ2n) is 9.84. The summed E-state index contributed by atoms with van der Waals surface area (Å²) < 4.78 is 14.4. The van der Waals surface area contributed by atoms with Crippen LogP contribution in [0.2, 0.25) is 0 Å². The molecule has 0 amide bonds. The quantitative estimate of drug-likeness (QED) is 0.184. The Bertz CT molecular complexity index is 1570. The van der Waals surface area contributed by atoms with Crippen molar-refractivity contribution in [3.63, 3.8) is 0 Å². The summed E-state index contributed by atoms with van der Waals surface area (Å²) in [5.74, 6) is -0.183. The number of aromatic nitrogens is 2. The molecule has 0 unspecified atom stereocenters. The summed E-state index contributed by atoms with van der Waals surface area (Å²) in [6.07, 6.45) is 3.61. The molecule has 0 N–H and O–H groups in total. The van der Waals surface area contributed by atoms with Gasteiger partial charge < -0.3 is 14.9 Å². The Balaban J connectivity index is 0.000000173. The maximum absolute atomic E-state index is 14.4. The van der Waals surface area contributed by atoms with Crippen molar-refractivity contribution >= 4 is 16.5 Å². The van der Waals surface area contributed by atoms with E-state index in [-0.39, 0.29) is 31.3 Å². The molecule has 2 aromatic heterocycles. The first-order valence-electron chi connectivity index (χ1n) is 12.0. The maximum atomic E-state index is 14.4. The van der Waals surface area contributed by atoms with Gasteiger partial charge in [0.15, 0.2) is 0 Å². The van der Waals surface area contributed by atoms with Crippen LogP contribution in [0.3, 0.4) is 0 Å². The Labute approximate surface area is 231 Å². The monoisotopic (exact) mass is 666 g/mol. The molecule has 1 aliphatic carbocycles. The summed E-state index contributed by atoms with van der Waals surface area (Å²) in [5, 5.41) is 2.26. The number of fused-ring (bicyclic) bond motifs is 2. The van der Waals surface area contributed by atoms with Crippen LogP contribution in [0.5, 0.6) is 0 Å². The number of aryl methyl sites for hydroxylation is 1. The van der Waals surface area contributed by atoms with Crippen LogP contribution in [0.25, 0.3) is 33.3 Å². The molecule has 2 heterocycles. The van der Waals surface area contributed by atoms with Gasteiger partial charge in [-0.15, -0.1) is 53.6 Å². The maximum Gasteiger partial charge on any atom is 0.0459 e. The van der Waals surface area contributed by atoms with Crippen molar-refractivity contribution in [3.8, 4) is 22.5 Å². The fraction of sp³-hybridized carbons (Fsp3) is 0.188. The molecule has 1 aliphatic rings. The predicted molar refractivity (Wildman–Crippen MR) is 146 cm³/mol. The molecular formula is C32H28FIrN3-2. The van der Waals surface area contributed by atoms with E-state index in [1.807, 2.05) is 50.6 Å². The number of halogens is 1. The Morgan fingerprint density at radius 1 is 0.892 bits per heavy atom. The summed E-state index contributed by atoms with van der Waals surface area (Å²) in [4.78, 5) is 10.9. The predicted octanol–water partition coefficient (Wildman–Crippen LogP) is 7.40. The van der Waals surface area contributed by atoms with E-state index in [1.54, 1.807) is 12.3 Å². The first-order chi connectivity index (χ1) is 17.3. The molecular weight excluding hydrogens is 638 g/mol. The van der Waals surface area contributed by atoms with E-state index >= 15 is 0 Å². The number of pyridine rings is 2. The van der Waals surface area contributed by atoms with Crippen LogP contribution in [-0.2, 0) is 25.5 Å². The molecule has 189 valence electrons. The molecule has 5 aromatic rings. The summed E-state index contributed by atoms with van der Waals surface area (Å²) in [6.45, 7) is 6.20. The summed E-state index contributed by atoms with van der Waals surface area (Å²) in [7, 11) is 4.06. The van der Waals surface area contributed by atoms with Crippen LogP contribution >= 0.6 is 0 Å². The van der Waals surface area contributed by atoms with Gasteiger partial charge >= 0.3 is 0 Å². The van der Waals surface area contributed by atoms with Crippen LogP contribution in [0.15, 0.2) is 79.1 Å². The zero-order valence-electron chi connectivity index (χ0n) is 21.6. The Morgan fingerprint density at radius 2 is 1.65 bits per heavy atom. The van der Waals surface area contributed by atoms with E-state index in [2.05, 4.69) is 72.0 Å². The molecule has 0 aliphatic heterocycles. The topological polar surface area (TPSA) is 29.0 Å². The third kappa shape index (κ3) is 4.94. The average Bonchev–Trinajstić information content (AvgIpc) is 2.87. The number of hydrogen-bond acceptors (Lipinski definition) is 3. The van der Waals surface area contributed by atoms with Crippen LogP contribution in [0, 0.1) is 24.9 Å². The van der Waals surface area contributed by atoms with Crippen molar-refractivity contribution < 1.29 is 24.5 Å². The van der Waals surface area contributed by atoms with Gasteiger partial charge in [-0.2, -0.15) is 0 Å². The summed E-state index contributed by atoms with van der Waals surface area (Å²) in [5.41, 5.74) is 7.46. The normalized spacial score (nSPS) is 12.6. The first kappa shape index (κ1) is 26.7. The van der Waals surface area contributed by atoms with Gasteiger partial charge in [0.05, 0.1) is 0 Å². The van der Waals surface area contributed by atoms with Gasteiger partial charge in [-0.25, -0.2) is 4.39 Å². The number of nitrogens with zero attached hydrogens (tertiary/aromatic N) is 3. The molecule has 3 nitrogen and oxygen atoms in total. The van der Waals surface area contributed by atoms with E-state index in [4.69, 9.17) is 0 Å². The molecule has 5 heteroatoms. The van der Waals surface area contributed by atoms with Crippen LogP contribution in [-0.4, -0.2) is 24.1 Å². The van der Waals surface area contributed by atoms with Crippen LogP contribution in [0.4, 0.5) is 10.1 Å². The number of anilines is 1. The molecule has 0 bridgehead atoms. The largest absolute Gasteiger partial charge is 0.394 e. The number of rotatable bonds is 2. The minimum atomic E-state index is -0.382. The van der Waals surface area contributed by atoms with Crippen molar-refractivity contribution in [2.75, 3.05) is 19.0 Å². The molecule has 1 radical (unpaired) electrons. The SMILES string of the molecule is CC1(C)c2c([c-]ccc2F)-c2nccc3cccc1c23.Cc1ccnc(-c2[c-]ccc(N(C)C)c2)c1.[Ir]. The Kier molecular flexibility index (Phi) is 7.59. The van der Waals surface area contributed by atoms with Gasteiger partial charge in [0.2, 0.25) is 0 Å². The molecule has 0 fully saturated rings. The third-order valence-corrected chi connectivity index (χ3v) is 6.77. The van der Waals surface area contributed by atoms with E-state index in [9.17, 15) is 4.39 Å². The van der Waals surface area contributed by atoms with Gasteiger partial charge in [-0.3, -0.25) is 0 Å². The standard InChI is InChI=1S/C18H13FN.C14H15N2.Ir/c1-18(2)13-7-3-5-11-9-10-20-17(15(11)13)12-6-4-8-14(19)16(12)18;1-11-7-8-15-14(9-11)12-5-4-6-13(10-12)16(2)3;/h3-5,7-10H,1-2H3;4,6-10H,1-3H3;/q2*-1;. The summed E-state index contributed by atoms with van der Waals surface area (Å²) >= 11 is 0. The van der Waals surface area contributed by atoms with Gasteiger partial charge in [0.1, 0.15) is 0 Å². The minimum absolute atomic E-state index is 0. The van der Waals surface area contributed by atoms with E-state index in [0.717, 1.165) is 44.5 Å². The Hall–Kier alpha value is -3.40. The molecule has 0 saturated carbocycles. The Morgan fingerprint density at radius 3 is 2.41 bits per heavy atom. The van der Waals surface area contributed by atoms with Crippen molar-refractivity contribution in [3.05, 3.63) is 114 Å². The molecule has 0 spiro atoms. The molecule has 0 atom stereocenters. The van der Waals surface area contributed by atoms with Gasteiger partial charge in [0.25, 0.3) is 0 Å². The molecule has 37 heavy (non-hydrogen) atoms. The van der Waals surface area contributed by atoms with Gasteiger partial charge in [-0.05, 0) is 57.9 Å². The second-order valence-corrected chi connectivity index (χ2v) is 9.84.